The number of primary amides is 1. The fourth-order valence-corrected chi connectivity index (χ4v) is 1.52. The molecule has 1 aromatic carbocycles. The van der Waals surface area contributed by atoms with Crippen molar-refractivity contribution in [3.8, 4) is 0 Å². The van der Waals surface area contributed by atoms with E-state index in [1.807, 2.05) is 0 Å². The van der Waals surface area contributed by atoms with E-state index < -0.39 is 24.1 Å². The van der Waals surface area contributed by atoms with E-state index in [2.05, 4.69) is 0 Å². The molecule has 0 bridgehead atoms. The van der Waals surface area contributed by atoms with Crippen molar-refractivity contribution in [3.63, 3.8) is 0 Å². The number of hydrogen-bond acceptors (Lipinski definition) is 3. The summed E-state index contributed by atoms with van der Waals surface area (Å²) in [6.07, 6.45) is -2.24. The molecular formula is C11H14FNO3. The molecule has 1 rings (SSSR count). The van der Waals surface area contributed by atoms with E-state index in [4.69, 9.17) is 15.2 Å². The maximum atomic E-state index is 13.5. The van der Waals surface area contributed by atoms with Gasteiger partial charge in [-0.2, -0.15) is 0 Å². The summed E-state index contributed by atoms with van der Waals surface area (Å²) in [7, 11) is 1.41. The summed E-state index contributed by atoms with van der Waals surface area (Å²) in [6, 6.07) is 6.15. The molecular weight excluding hydrogens is 213 g/mol. The second kappa shape index (κ2) is 5.46. The Balaban J connectivity index is 2.90. The monoisotopic (exact) mass is 227 g/mol. The smallest absolute Gasteiger partial charge is 0.404 e. The van der Waals surface area contributed by atoms with Gasteiger partial charge in [0.15, 0.2) is 0 Å². The van der Waals surface area contributed by atoms with Gasteiger partial charge in [-0.15, -0.1) is 0 Å². The molecule has 2 N–H and O–H groups in total. The van der Waals surface area contributed by atoms with Crippen molar-refractivity contribution in [2.75, 3.05) is 7.11 Å². The van der Waals surface area contributed by atoms with Crippen LogP contribution in [-0.4, -0.2) is 19.3 Å². The topological polar surface area (TPSA) is 61.6 Å². The predicted molar refractivity (Wildman–Crippen MR) is 56.3 cm³/mol. The van der Waals surface area contributed by atoms with Crippen LogP contribution < -0.4 is 5.73 Å². The molecule has 0 spiro atoms. The van der Waals surface area contributed by atoms with Crippen molar-refractivity contribution >= 4 is 6.09 Å². The predicted octanol–water partition coefficient (Wildman–Crippen LogP) is 2.00. The molecule has 0 saturated heterocycles. The molecule has 0 heterocycles. The molecule has 0 aliphatic rings. The minimum Gasteiger partial charge on any atom is -0.444 e. The van der Waals surface area contributed by atoms with Crippen LogP contribution in [0.15, 0.2) is 24.3 Å². The van der Waals surface area contributed by atoms with Gasteiger partial charge in [-0.05, 0) is 13.0 Å². The van der Waals surface area contributed by atoms with Crippen LogP contribution in [0.4, 0.5) is 9.18 Å². The van der Waals surface area contributed by atoms with E-state index in [1.165, 1.54) is 13.2 Å². The SMILES string of the molecule is CO[C@H](c1ccccc1F)[C@@H](C)OC(N)=O. The maximum Gasteiger partial charge on any atom is 0.404 e. The lowest BCUT2D eigenvalue weighted by molar-refractivity contribution is -0.0138. The molecule has 0 unspecified atom stereocenters. The normalized spacial score (nSPS) is 14.2. The van der Waals surface area contributed by atoms with Crippen LogP contribution in [-0.2, 0) is 9.47 Å². The van der Waals surface area contributed by atoms with Crippen molar-refractivity contribution in [1.29, 1.82) is 0 Å². The van der Waals surface area contributed by atoms with E-state index >= 15 is 0 Å². The first kappa shape index (κ1) is 12.4. The molecule has 0 aliphatic carbocycles. The third-order valence-corrected chi connectivity index (χ3v) is 2.19. The molecule has 2 atom stereocenters. The summed E-state index contributed by atoms with van der Waals surface area (Å²) in [5.41, 5.74) is 5.22. The van der Waals surface area contributed by atoms with E-state index in [-0.39, 0.29) is 0 Å². The highest BCUT2D eigenvalue weighted by molar-refractivity contribution is 5.64. The van der Waals surface area contributed by atoms with Gasteiger partial charge in [-0.3, -0.25) is 0 Å². The number of benzene rings is 1. The highest BCUT2D eigenvalue weighted by Crippen LogP contribution is 2.24. The Kier molecular flexibility index (Phi) is 4.25. The number of hydrogen-bond donors (Lipinski definition) is 1. The van der Waals surface area contributed by atoms with E-state index in [9.17, 15) is 9.18 Å². The van der Waals surface area contributed by atoms with Gasteiger partial charge < -0.3 is 15.2 Å². The number of amides is 1. The molecule has 0 aliphatic heterocycles. The molecule has 0 aromatic heterocycles. The van der Waals surface area contributed by atoms with Gasteiger partial charge in [0.25, 0.3) is 0 Å². The first-order valence-electron chi connectivity index (χ1n) is 4.79. The lowest BCUT2D eigenvalue weighted by Crippen LogP contribution is -2.27. The minimum absolute atomic E-state index is 0.332. The van der Waals surface area contributed by atoms with E-state index in [1.54, 1.807) is 25.1 Å². The molecule has 88 valence electrons. The average molecular weight is 227 g/mol. The fraction of sp³-hybridized carbons (Fsp3) is 0.364. The molecule has 0 saturated carbocycles. The quantitative estimate of drug-likeness (QED) is 0.855. The van der Waals surface area contributed by atoms with Crippen molar-refractivity contribution < 1.29 is 18.7 Å². The van der Waals surface area contributed by atoms with Gasteiger partial charge in [0.1, 0.15) is 18.0 Å². The van der Waals surface area contributed by atoms with Gasteiger partial charge in [0, 0.05) is 12.7 Å². The Labute approximate surface area is 93.2 Å². The van der Waals surface area contributed by atoms with Crippen LogP contribution in [0.2, 0.25) is 0 Å². The Morgan fingerprint density at radius 2 is 2.06 bits per heavy atom. The second-order valence-electron chi connectivity index (χ2n) is 3.32. The Morgan fingerprint density at radius 3 is 2.56 bits per heavy atom. The third-order valence-electron chi connectivity index (χ3n) is 2.19. The zero-order valence-electron chi connectivity index (χ0n) is 9.14. The molecule has 1 amide bonds. The summed E-state index contributed by atoms with van der Waals surface area (Å²) in [4.78, 5) is 10.6. The Hall–Kier alpha value is -1.62. The summed E-state index contributed by atoms with van der Waals surface area (Å²) < 4.78 is 23.3. The number of carbonyl (C=O) groups is 1. The number of ether oxygens (including phenoxy) is 2. The number of nitrogens with two attached hydrogens (primary N) is 1. The average Bonchev–Trinajstić information content (AvgIpc) is 2.20. The molecule has 5 heteroatoms. The van der Waals surface area contributed by atoms with Gasteiger partial charge in [0.2, 0.25) is 0 Å². The van der Waals surface area contributed by atoms with Crippen molar-refractivity contribution in [3.05, 3.63) is 35.6 Å². The first-order valence-corrected chi connectivity index (χ1v) is 4.79. The number of rotatable bonds is 4. The molecule has 4 nitrogen and oxygen atoms in total. The summed E-state index contributed by atoms with van der Waals surface area (Å²) in [5.74, 6) is -0.408. The highest BCUT2D eigenvalue weighted by atomic mass is 19.1. The number of carbonyl (C=O) groups excluding carboxylic acids is 1. The Bertz CT molecular complexity index is 370. The largest absolute Gasteiger partial charge is 0.444 e. The van der Waals surface area contributed by atoms with Crippen molar-refractivity contribution in [1.82, 2.24) is 0 Å². The standard InChI is InChI=1S/C11H14FNO3/c1-7(16-11(13)14)10(15-2)8-5-3-4-6-9(8)12/h3-7,10H,1-2H3,(H2,13,14)/t7-,10+/m1/s1. The number of methoxy groups -OCH3 is 1. The fourth-order valence-electron chi connectivity index (χ4n) is 1.52. The molecule has 16 heavy (non-hydrogen) atoms. The highest BCUT2D eigenvalue weighted by Gasteiger charge is 2.24. The van der Waals surface area contributed by atoms with Crippen LogP contribution in [0.25, 0.3) is 0 Å². The number of halogens is 1. The van der Waals surface area contributed by atoms with Crippen molar-refractivity contribution in [2.24, 2.45) is 5.73 Å². The Morgan fingerprint density at radius 1 is 1.44 bits per heavy atom. The van der Waals surface area contributed by atoms with Gasteiger partial charge in [0.05, 0.1) is 0 Å². The third kappa shape index (κ3) is 2.93. The summed E-state index contributed by atoms with van der Waals surface area (Å²) in [5, 5.41) is 0. The van der Waals surface area contributed by atoms with Crippen LogP contribution in [0.1, 0.15) is 18.6 Å². The van der Waals surface area contributed by atoms with Gasteiger partial charge >= 0.3 is 6.09 Å². The van der Waals surface area contributed by atoms with Gasteiger partial charge in [-0.25, -0.2) is 9.18 Å². The van der Waals surface area contributed by atoms with Crippen LogP contribution in [0.3, 0.4) is 0 Å². The van der Waals surface area contributed by atoms with Crippen LogP contribution >= 0.6 is 0 Å². The van der Waals surface area contributed by atoms with Crippen molar-refractivity contribution in [2.45, 2.75) is 19.1 Å². The van der Waals surface area contributed by atoms with E-state index in [0.717, 1.165) is 0 Å². The maximum absolute atomic E-state index is 13.5. The molecule has 0 radical (unpaired) electrons. The summed E-state index contributed by atoms with van der Waals surface area (Å²) >= 11 is 0. The summed E-state index contributed by atoms with van der Waals surface area (Å²) in [6.45, 7) is 1.59. The van der Waals surface area contributed by atoms with Crippen LogP contribution in [0.5, 0.6) is 0 Å². The zero-order chi connectivity index (χ0) is 12.1. The lowest BCUT2D eigenvalue weighted by Gasteiger charge is -2.22. The van der Waals surface area contributed by atoms with E-state index in [0.29, 0.717) is 5.56 Å². The minimum atomic E-state index is -0.911. The molecule has 0 fully saturated rings. The molecule has 1 aromatic rings. The zero-order valence-corrected chi connectivity index (χ0v) is 9.14. The first-order chi connectivity index (χ1) is 7.56. The second-order valence-corrected chi connectivity index (χ2v) is 3.32. The lowest BCUT2D eigenvalue weighted by atomic mass is 10.0. The van der Waals surface area contributed by atoms with Gasteiger partial charge in [-0.1, -0.05) is 18.2 Å². The van der Waals surface area contributed by atoms with Crippen LogP contribution in [0, 0.1) is 5.82 Å².